The van der Waals surface area contributed by atoms with Gasteiger partial charge in [0.2, 0.25) is 0 Å². The number of aliphatic hydroxyl groups excluding tert-OH is 1. The minimum Gasteiger partial charge on any atom is -0.391 e. The second-order valence-electron chi connectivity index (χ2n) is 3.04. The van der Waals surface area contributed by atoms with Gasteiger partial charge in [0, 0.05) is 11.8 Å². The SMILES string of the molecule is CC(C)CC(N)C(O)CS. The largest absolute Gasteiger partial charge is 0.391 e. The van der Waals surface area contributed by atoms with Crippen LogP contribution in [0, 0.1) is 5.92 Å². The van der Waals surface area contributed by atoms with Gasteiger partial charge in [0.1, 0.15) is 0 Å². The van der Waals surface area contributed by atoms with Crippen LogP contribution < -0.4 is 5.73 Å². The van der Waals surface area contributed by atoms with Crippen LogP contribution in [0.5, 0.6) is 0 Å². The molecule has 0 aromatic rings. The van der Waals surface area contributed by atoms with Crippen molar-refractivity contribution in [1.82, 2.24) is 0 Å². The van der Waals surface area contributed by atoms with E-state index >= 15 is 0 Å². The lowest BCUT2D eigenvalue weighted by Crippen LogP contribution is -2.36. The van der Waals surface area contributed by atoms with E-state index in [1.54, 1.807) is 0 Å². The molecule has 3 N–H and O–H groups in total. The van der Waals surface area contributed by atoms with Gasteiger partial charge in [0.25, 0.3) is 0 Å². The predicted octanol–water partition coefficient (Wildman–Crippen LogP) is 0.650. The van der Waals surface area contributed by atoms with Crippen LogP contribution in [-0.4, -0.2) is 23.0 Å². The lowest BCUT2D eigenvalue weighted by molar-refractivity contribution is 0.157. The van der Waals surface area contributed by atoms with E-state index in [1.165, 1.54) is 0 Å². The van der Waals surface area contributed by atoms with Gasteiger partial charge in [-0.25, -0.2) is 0 Å². The molecule has 0 heterocycles. The molecule has 0 rings (SSSR count). The molecular formula is C7H17NOS. The molecule has 0 aliphatic rings. The fourth-order valence-electron chi connectivity index (χ4n) is 0.837. The van der Waals surface area contributed by atoms with E-state index < -0.39 is 6.10 Å². The van der Waals surface area contributed by atoms with Gasteiger partial charge in [-0.15, -0.1) is 0 Å². The van der Waals surface area contributed by atoms with Crippen LogP contribution >= 0.6 is 12.6 Å². The first kappa shape index (κ1) is 10.3. The first-order chi connectivity index (χ1) is 4.57. The lowest BCUT2D eigenvalue weighted by Gasteiger charge is -2.18. The maximum atomic E-state index is 9.17. The van der Waals surface area contributed by atoms with Crippen LogP contribution in [0.2, 0.25) is 0 Å². The van der Waals surface area contributed by atoms with Gasteiger partial charge >= 0.3 is 0 Å². The summed E-state index contributed by atoms with van der Waals surface area (Å²) in [6.45, 7) is 4.18. The van der Waals surface area contributed by atoms with E-state index in [-0.39, 0.29) is 6.04 Å². The van der Waals surface area contributed by atoms with Crippen LogP contribution in [0.1, 0.15) is 20.3 Å². The molecular weight excluding hydrogens is 146 g/mol. The second kappa shape index (κ2) is 4.99. The van der Waals surface area contributed by atoms with Crippen molar-refractivity contribution >= 4 is 12.6 Å². The van der Waals surface area contributed by atoms with Gasteiger partial charge < -0.3 is 10.8 Å². The molecule has 2 nitrogen and oxygen atoms in total. The summed E-state index contributed by atoms with van der Waals surface area (Å²) < 4.78 is 0. The molecule has 62 valence electrons. The Morgan fingerprint density at radius 1 is 1.50 bits per heavy atom. The molecule has 0 aliphatic carbocycles. The number of rotatable bonds is 4. The molecule has 2 atom stereocenters. The minimum atomic E-state index is -0.453. The standard InChI is InChI=1S/C7H17NOS/c1-5(2)3-6(8)7(9)4-10/h5-7,9-10H,3-4,8H2,1-2H3. The Hall–Kier alpha value is 0.270. The van der Waals surface area contributed by atoms with Crippen molar-refractivity contribution in [2.24, 2.45) is 11.7 Å². The van der Waals surface area contributed by atoms with Crippen LogP contribution in [0.15, 0.2) is 0 Å². The van der Waals surface area contributed by atoms with Crippen molar-refractivity contribution in [3.8, 4) is 0 Å². The number of thiol groups is 1. The highest BCUT2D eigenvalue weighted by molar-refractivity contribution is 7.80. The third-order valence-corrected chi connectivity index (χ3v) is 1.80. The molecule has 0 aliphatic heterocycles. The number of hydrogen-bond donors (Lipinski definition) is 3. The van der Waals surface area contributed by atoms with E-state index in [9.17, 15) is 5.11 Å². The fraction of sp³-hybridized carbons (Fsp3) is 1.00. The first-order valence-corrected chi connectivity index (χ1v) is 4.25. The van der Waals surface area contributed by atoms with E-state index in [1.807, 2.05) is 0 Å². The number of aliphatic hydroxyl groups is 1. The summed E-state index contributed by atoms with van der Waals surface area (Å²) in [5.41, 5.74) is 5.63. The van der Waals surface area contributed by atoms with Crippen molar-refractivity contribution in [1.29, 1.82) is 0 Å². The summed E-state index contributed by atoms with van der Waals surface area (Å²) in [5, 5.41) is 9.17. The van der Waals surface area contributed by atoms with Gasteiger partial charge in [0.15, 0.2) is 0 Å². The smallest absolute Gasteiger partial charge is 0.0778 e. The molecule has 0 saturated heterocycles. The maximum Gasteiger partial charge on any atom is 0.0778 e. The second-order valence-corrected chi connectivity index (χ2v) is 3.41. The van der Waals surface area contributed by atoms with Gasteiger partial charge in [-0.2, -0.15) is 12.6 Å². The third-order valence-electron chi connectivity index (χ3n) is 1.42. The monoisotopic (exact) mass is 163 g/mol. The fourth-order valence-corrected chi connectivity index (χ4v) is 1.11. The lowest BCUT2D eigenvalue weighted by atomic mass is 10.0. The predicted molar refractivity (Wildman–Crippen MR) is 47.3 cm³/mol. The summed E-state index contributed by atoms with van der Waals surface area (Å²) >= 11 is 3.95. The maximum absolute atomic E-state index is 9.17. The molecule has 0 saturated carbocycles. The molecule has 0 amide bonds. The average Bonchev–Trinajstić information content (AvgIpc) is 1.85. The van der Waals surface area contributed by atoms with Gasteiger partial charge in [-0.3, -0.25) is 0 Å². The van der Waals surface area contributed by atoms with E-state index in [2.05, 4.69) is 26.5 Å². The highest BCUT2D eigenvalue weighted by Gasteiger charge is 2.13. The summed E-state index contributed by atoms with van der Waals surface area (Å²) in [6.07, 6.45) is 0.410. The van der Waals surface area contributed by atoms with Crippen molar-refractivity contribution in [3.63, 3.8) is 0 Å². The van der Waals surface area contributed by atoms with Gasteiger partial charge in [0.05, 0.1) is 6.10 Å². The molecule has 2 unspecified atom stereocenters. The van der Waals surface area contributed by atoms with Crippen molar-refractivity contribution < 1.29 is 5.11 Å². The number of hydrogen-bond acceptors (Lipinski definition) is 3. The zero-order valence-corrected chi connectivity index (χ0v) is 7.51. The normalized spacial score (nSPS) is 17.4. The van der Waals surface area contributed by atoms with Crippen LogP contribution in [0.25, 0.3) is 0 Å². The Labute approximate surface area is 68.2 Å². The third kappa shape index (κ3) is 4.14. The Morgan fingerprint density at radius 2 is 2.00 bits per heavy atom. The van der Waals surface area contributed by atoms with Crippen LogP contribution in [0.3, 0.4) is 0 Å². The molecule has 0 aromatic carbocycles. The Bertz CT molecular complexity index is 87.7. The Morgan fingerprint density at radius 3 is 2.30 bits per heavy atom. The quantitative estimate of drug-likeness (QED) is 0.533. The number of nitrogens with two attached hydrogens (primary N) is 1. The average molecular weight is 163 g/mol. The van der Waals surface area contributed by atoms with Crippen LogP contribution in [0.4, 0.5) is 0 Å². The van der Waals surface area contributed by atoms with Crippen LogP contribution in [-0.2, 0) is 0 Å². The minimum absolute atomic E-state index is 0.113. The molecule has 10 heavy (non-hydrogen) atoms. The highest BCUT2D eigenvalue weighted by Crippen LogP contribution is 2.06. The zero-order valence-electron chi connectivity index (χ0n) is 6.62. The molecule has 0 spiro atoms. The Balaban J connectivity index is 3.50. The van der Waals surface area contributed by atoms with Gasteiger partial charge in [-0.05, 0) is 12.3 Å². The summed E-state index contributed by atoms with van der Waals surface area (Å²) in [4.78, 5) is 0. The van der Waals surface area contributed by atoms with Crippen molar-refractivity contribution in [3.05, 3.63) is 0 Å². The summed E-state index contributed by atoms with van der Waals surface area (Å²) in [6, 6.07) is -0.113. The van der Waals surface area contributed by atoms with Crippen molar-refractivity contribution in [2.75, 3.05) is 5.75 Å². The highest BCUT2D eigenvalue weighted by atomic mass is 32.1. The molecule has 3 heteroatoms. The van der Waals surface area contributed by atoms with E-state index in [0.29, 0.717) is 11.7 Å². The summed E-state index contributed by atoms with van der Waals surface area (Å²) in [7, 11) is 0. The molecule has 0 aromatic heterocycles. The first-order valence-electron chi connectivity index (χ1n) is 3.62. The molecule has 0 fully saturated rings. The summed E-state index contributed by atoms with van der Waals surface area (Å²) in [5.74, 6) is 0.998. The van der Waals surface area contributed by atoms with Crippen molar-refractivity contribution in [2.45, 2.75) is 32.4 Å². The topological polar surface area (TPSA) is 46.2 Å². The molecule has 0 radical (unpaired) electrons. The molecule has 0 bridgehead atoms. The van der Waals surface area contributed by atoms with E-state index in [0.717, 1.165) is 6.42 Å². The Kier molecular flexibility index (Phi) is 5.13. The van der Waals surface area contributed by atoms with E-state index in [4.69, 9.17) is 5.73 Å². The zero-order chi connectivity index (χ0) is 8.15. The van der Waals surface area contributed by atoms with Gasteiger partial charge in [-0.1, -0.05) is 13.8 Å².